The van der Waals surface area contributed by atoms with Crippen LogP contribution in [0.4, 0.5) is 10.3 Å². The number of hydrogen-bond donors (Lipinski definition) is 1. The third-order valence-electron chi connectivity index (χ3n) is 4.07. The molecular formula is C17H22FN5O2S. The molecular weight excluding hydrogens is 357 g/mol. The third kappa shape index (κ3) is 4.53. The zero-order valence-electron chi connectivity index (χ0n) is 14.7. The Morgan fingerprint density at radius 1 is 1.31 bits per heavy atom. The third-order valence-corrected chi connectivity index (χ3v) is 5.04. The molecule has 140 valence electrons. The van der Waals surface area contributed by atoms with Crippen LogP contribution in [0.3, 0.4) is 0 Å². The molecule has 0 spiro atoms. The highest BCUT2D eigenvalue weighted by molar-refractivity contribution is 7.99. The molecule has 1 saturated heterocycles. The molecule has 0 atom stereocenters. The molecule has 1 fully saturated rings. The Kier molecular flexibility index (Phi) is 6.45. The first kappa shape index (κ1) is 18.7. The van der Waals surface area contributed by atoms with Crippen LogP contribution < -0.4 is 10.2 Å². The molecule has 1 amide bonds. The van der Waals surface area contributed by atoms with E-state index in [2.05, 4.69) is 20.4 Å². The number of benzene rings is 1. The van der Waals surface area contributed by atoms with E-state index in [-0.39, 0.29) is 24.0 Å². The lowest BCUT2D eigenvalue weighted by molar-refractivity contribution is -0.118. The molecule has 9 heteroatoms. The molecule has 1 aliphatic rings. The SMILES string of the molecule is CCn1c(SCC(=O)NCc2ccccc2F)nnc1N1CCOCC1. The fraction of sp³-hybridized carbons (Fsp3) is 0.471. The summed E-state index contributed by atoms with van der Waals surface area (Å²) in [5, 5.41) is 11.9. The summed E-state index contributed by atoms with van der Waals surface area (Å²) in [5.41, 5.74) is 0.470. The van der Waals surface area contributed by atoms with Crippen molar-refractivity contribution >= 4 is 23.6 Å². The molecule has 1 N–H and O–H groups in total. The Balaban J connectivity index is 1.54. The lowest BCUT2D eigenvalue weighted by Gasteiger charge is -2.27. The van der Waals surface area contributed by atoms with Gasteiger partial charge in [-0.1, -0.05) is 30.0 Å². The van der Waals surface area contributed by atoms with Gasteiger partial charge in [0, 0.05) is 31.7 Å². The molecule has 26 heavy (non-hydrogen) atoms. The number of morpholine rings is 1. The molecule has 2 aromatic rings. The monoisotopic (exact) mass is 379 g/mol. The van der Waals surface area contributed by atoms with Crippen molar-refractivity contribution in [3.05, 3.63) is 35.6 Å². The van der Waals surface area contributed by atoms with E-state index < -0.39 is 0 Å². The summed E-state index contributed by atoms with van der Waals surface area (Å²) in [6, 6.07) is 6.41. The smallest absolute Gasteiger partial charge is 0.230 e. The Bertz CT molecular complexity index is 749. The van der Waals surface area contributed by atoms with Crippen LogP contribution in [0.1, 0.15) is 12.5 Å². The van der Waals surface area contributed by atoms with E-state index in [4.69, 9.17) is 4.74 Å². The minimum absolute atomic E-state index is 0.170. The molecule has 0 aliphatic carbocycles. The number of halogens is 1. The van der Waals surface area contributed by atoms with Crippen LogP contribution in [0.2, 0.25) is 0 Å². The molecule has 1 aromatic heterocycles. The standard InChI is InChI=1S/C17H22FN5O2S/c1-2-23-16(22-7-9-25-10-8-22)20-21-17(23)26-12-15(24)19-11-13-5-3-4-6-14(13)18/h3-6H,2,7-12H2,1H3,(H,19,24). The van der Waals surface area contributed by atoms with Gasteiger partial charge < -0.3 is 15.0 Å². The largest absolute Gasteiger partial charge is 0.378 e. The van der Waals surface area contributed by atoms with Gasteiger partial charge in [-0.05, 0) is 13.0 Å². The highest BCUT2D eigenvalue weighted by Gasteiger charge is 2.20. The summed E-state index contributed by atoms with van der Waals surface area (Å²) in [6.45, 7) is 5.84. The minimum Gasteiger partial charge on any atom is -0.378 e. The second-order valence-corrected chi connectivity index (χ2v) is 6.73. The summed E-state index contributed by atoms with van der Waals surface area (Å²) < 4.78 is 20.9. The fourth-order valence-electron chi connectivity index (χ4n) is 2.68. The molecule has 7 nitrogen and oxygen atoms in total. The van der Waals surface area contributed by atoms with Crippen LogP contribution in [-0.4, -0.2) is 52.7 Å². The average molecular weight is 379 g/mol. The van der Waals surface area contributed by atoms with E-state index in [9.17, 15) is 9.18 Å². The molecule has 0 saturated carbocycles. The van der Waals surface area contributed by atoms with Gasteiger partial charge in [-0.15, -0.1) is 10.2 Å². The number of hydrogen-bond acceptors (Lipinski definition) is 6. The summed E-state index contributed by atoms with van der Waals surface area (Å²) in [6.07, 6.45) is 0. The van der Waals surface area contributed by atoms with E-state index in [1.807, 2.05) is 11.5 Å². The number of carbonyl (C=O) groups excluding carboxylic acids is 1. The summed E-state index contributed by atoms with van der Waals surface area (Å²) in [7, 11) is 0. The van der Waals surface area contributed by atoms with E-state index in [0.29, 0.717) is 23.9 Å². The van der Waals surface area contributed by atoms with E-state index in [1.165, 1.54) is 17.8 Å². The van der Waals surface area contributed by atoms with Gasteiger partial charge in [0.2, 0.25) is 11.9 Å². The highest BCUT2D eigenvalue weighted by atomic mass is 32.2. The molecule has 0 radical (unpaired) electrons. The van der Waals surface area contributed by atoms with Crippen molar-refractivity contribution in [3.8, 4) is 0 Å². The molecule has 0 bridgehead atoms. The quantitative estimate of drug-likeness (QED) is 0.738. The van der Waals surface area contributed by atoms with Gasteiger partial charge in [0.05, 0.1) is 19.0 Å². The van der Waals surface area contributed by atoms with Crippen molar-refractivity contribution < 1.29 is 13.9 Å². The highest BCUT2D eigenvalue weighted by Crippen LogP contribution is 2.22. The number of amides is 1. The molecule has 1 aromatic carbocycles. The average Bonchev–Trinajstić information content (AvgIpc) is 3.09. The van der Waals surface area contributed by atoms with Gasteiger partial charge in [0.1, 0.15) is 5.82 Å². The van der Waals surface area contributed by atoms with Crippen molar-refractivity contribution in [2.24, 2.45) is 0 Å². The molecule has 0 unspecified atom stereocenters. The van der Waals surface area contributed by atoms with E-state index in [1.54, 1.807) is 18.2 Å². The van der Waals surface area contributed by atoms with Gasteiger partial charge in [0.25, 0.3) is 0 Å². The first-order valence-electron chi connectivity index (χ1n) is 8.58. The zero-order valence-corrected chi connectivity index (χ0v) is 15.5. The summed E-state index contributed by atoms with van der Waals surface area (Å²) >= 11 is 1.33. The van der Waals surface area contributed by atoms with Crippen LogP contribution in [0.25, 0.3) is 0 Å². The molecule has 2 heterocycles. The minimum atomic E-state index is -0.318. The number of nitrogens with one attached hydrogen (secondary N) is 1. The Morgan fingerprint density at radius 2 is 2.08 bits per heavy atom. The van der Waals surface area contributed by atoms with E-state index in [0.717, 1.165) is 25.6 Å². The second-order valence-electron chi connectivity index (χ2n) is 5.78. The fourth-order valence-corrected chi connectivity index (χ4v) is 3.51. The first-order valence-corrected chi connectivity index (χ1v) is 9.56. The first-order chi connectivity index (χ1) is 12.7. The predicted molar refractivity (Wildman–Crippen MR) is 97.7 cm³/mol. The maximum absolute atomic E-state index is 13.6. The van der Waals surface area contributed by atoms with Gasteiger partial charge >= 0.3 is 0 Å². The van der Waals surface area contributed by atoms with Crippen molar-refractivity contribution in [2.45, 2.75) is 25.2 Å². The van der Waals surface area contributed by atoms with Crippen LogP contribution in [0.5, 0.6) is 0 Å². The summed E-state index contributed by atoms with van der Waals surface area (Å²) in [5.74, 6) is 0.526. The van der Waals surface area contributed by atoms with Gasteiger partial charge in [-0.25, -0.2) is 4.39 Å². The lowest BCUT2D eigenvalue weighted by atomic mass is 10.2. The van der Waals surface area contributed by atoms with Crippen molar-refractivity contribution in [2.75, 3.05) is 37.0 Å². The number of thioether (sulfide) groups is 1. The Hall–Kier alpha value is -2.13. The zero-order chi connectivity index (χ0) is 18.4. The van der Waals surface area contributed by atoms with Crippen LogP contribution in [0.15, 0.2) is 29.4 Å². The maximum Gasteiger partial charge on any atom is 0.230 e. The number of ether oxygens (including phenoxy) is 1. The van der Waals surface area contributed by atoms with Crippen molar-refractivity contribution in [1.82, 2.24) is 20.1 Å². The Labute approximate surface area is 155 Å². The molecule has 1 aliphatic heterocycles. The van der Waals surface area contributed by atoms with Crippen molar-refractivity contribution in [3.63, 3.8) is 0 Å². The maximum atomic E-state index is 13.6. The van der Waals surface area contributed by atoms with E-state index >= 15 is 0 Å². The molecule has 3 rings (SSSR count). The summed E-state index contributed by atoms with van der Waals surface area (Å²) in [4.78, 5) is 14.2. The van der Waals surface area contributed by atoms with Crippen LogP contribution in [-0.2, 0) is 22.6 Å². The van der Waals surface area contributed by atoms with Gasteiger partial charge in [-0.2, -0.15) is 0 Å². The lowest BCUT2D eigenvalue weighted by Crippen LogP contribution is -2.38. The number of nitrogens with zero attached hydrogens (tertiary/aromatic N) is 4. The van der Waals surface area contributed by atoms with Crippen LogP contribution in [0, 0.1) is 5.82 Å². The second kappa shape index (κ2) is 9.00. The number of aromatic nitrogens is 3. The predicted octanol–water partition coefficient (Wildman–Crippen LogP) is 1.68. The number of rotatable bonds is 7. The Morgan fingerprint density at radius 3 is 2.81 bits per heavy atom. The van der Waals surface area contributed by atoms with Crippen molar-refractivity contribution in [1.29, 1.82) is 0 Å². The number of carbonyl (C=O) groups is 1. The number of anilines is 1. The normalized spacial score (nSPS) is 14.5. The van der Waals surface area contributed by atoms with Crippen LogP contribution >= 0.6 is 11.8 Å². The topological polar surface area (TPSA) is 72.3 Å². The van der Waals surface area contributed by atoms with Gasteiger partial charge in [0.15, 0.2) is 5.16 Å². The van der Waals surface area contributed by atoms with Gasteiger partial charge in [-0.3, -0.25) is 9.36 Å².